The zero-order chi connectivity index (χ0) is 30.4. The molecule has 7 rings (SSSR count). The first-order valence-electron chi connectivity index (χ1n) is 15.0. The number of fused-ring (bicyclic) bond motifs is 4. The number of rotatable bonds is 8. The molecule has 2 aliphatic heterocycles. The number of nitrogens with one attached hydrogen (secondary N) is 2. The molecule has 3 aromatic heterocycles. The van der Waals surface area contributed by atoms with Crippen LogP contribution in [-0.4, -0.2) is 52.8 Å². The predicted octanol–water partition coefficient (Wildman–Crippen LogP) is 6.16. The van der Waals surface area contributed by atoms with Crippen LogP contribution in [0.4, 0.5) is 24.5 Å². The van der Waals surface area contributed by atoms with Gasteiger partial charge in [-0.2, -0.15) is 5.26 Å². The first kappa shape index (κ1) is 28.8. The molecule has 1 aromatic carbocycles. The molecular weight excluding hydrogens is 588 g/mol. The number of nitriles is 1. The third kappa shape index (κ3) is 5.00. The Morgan fingerprint density at radius 3 is 2.82 bits per heavy atom. The Morgan fingerprint density at radius 2 is 2.05 bits per heavy atom. The van der Waals surface area contributed by atoms with Crippen LogP contribution in [0.25, 0.3) is 32.2 Å². The Kier molecular flexibility index (Phi) is 7.74. The molecule has 13 heteroatoms. The van der Waals surface area contributed by atoms with Crippen LogP contribution in [0.3, 0.4) is 0 Å². The Hall–Kier alpha value is -3.99. The molecule has 1 aliphatic carbocycles. The van der Waals surface area contributed by atoms with E-state index in [1.165, 1.54) is 19.3 Å². The van der Waals surface area contributed by atoms with E-state index in [1.807, 2.05) is 6.92 Å². The minimum atomic E-state index is -0.751. The fourth-order valence-corrected chi connectivity index (χ4v) is 7.22. The van der Waals surface area contributed by atoms with Gasteiger partial charge in [0.15, 0.2) is 11.6 Å². The summed E-state index contributed by atoms with van der Waals surface area (Å²) in [6, 6.07) is 2.97. The van der Waals surface area contributed by atoms with Gasteiger partial charge in [-0.1, -0.05) is 19.8 Å². The van der Waals surface area contributed by atoms with E-state index in [9.17, 15) is 10.1 Å². The summed E-state index contributed by atoms with van der Waals surface area (Å²) in [4.78, 5) is 28.1. The summed E-state index contributed by atoms with van der Waals surface area (Å²) in [7, 11) is 0. The van der Waals surface area contributed by atoms with Gasteiger partial charge in [-0.15, -0.1) is 11.3 Å². The van der Waals surface area contributed by atoms with Gasteiger partial charge in [-0.3, -0.25) is 10.3 Å². The van der Waals surface area contributed by atoms with Gasteiger partial charge in [-0.25, -0.2) is 23.5 Å². The van der Waals surface area contributed by atoms with Gasteiger partial charge in [0, 0.05) is 47.7 Å². The molecule has 0 unspecified atom stereocenters. The summed E-state index contributed by atoms with van der Waals surface area (Å²) < 4.78 is 42.9. The Morgan fingerprint density at radius 1 is 1.20 bits per heavy atom. The van der Waals surface area contributed by atoms with Crippen molar-refractivity contribution in [1.82, 2.24) is 20.3 Å². The van der Waals surface area contributed by atoms with Gasteiger partial charge in [-0.05, 0) is 36.8 Å². The van der Waals surface area contributed by atoms with Crippen LogP contribution in [-0.2, 0) is 22.7 Å². The van der Waals surface area contributed by atoms with Gasteiger partial charge in [0.05, 0.1) is 42.0 Å². The average molecular weight is 620 g/mol. The van der Waals surface area contributed by atoms with E-state index in [2.05, 4.69) is 31.6 Å². The summed E-state index contributed by atoms with van der Waals surface area (Å²) in [6.07, 6.45) is 8.05. The van der Waals surface area contributed by atoms with Crippen LogP contribution >= 0.6 is 11.3 Å². The molecule has 4 aromatic rings. The summed E-state index contributed by atoms with van der Waals surface area (Å²) in [5, 5.41) is 17.2. The number of amides is 1. The largest absolute Gasteiger partial charge is 0.449 e. The number of carbonyl (C=O) groups is 1. The molecular formula is C31H31F2N7O3S. The number of benzene rings is 1. The molecule has 1 saturated carbocycles. The number of carbonyl (C=O) groups excluding carboxylic acids is 1. The van der Waals surface area contributed by atoms with E-state index < -0.39 is 17.7 Å². The lowest BCUT2D eigenvalue weighted by Gasteiger charge is -2.29. The summed E-state index contributed by atoms with van der Waals surface area (Å²) in [6.45, 7) is 4.02. The van der Waals surface area contributed by atoms with Crippen LogP contribution in [0.2, 0.25) is 0 Å². The number of pyridine rings is 1. The molecule has 228 valence electrons. The second-order valence-corrected chi connectivity index (χ2v) is 12.5. The predicted molar refractivity (Wildman–Crippen MR) is 163 cm³/mol. The lowest BCUT2D eigenvalue weighted by molar-refractivity contribution is 0.135. The number of halogens is 2. The highest BCUT2D eigenvalue weighted by molar-refractivity contribution is 7.23. The van der Waals surface area contributed by atoms with Crippen LogP contribution in [0.1, 0.15) is 62.1 Å². The molecule has 1 atom stereocenters. The number of hydrogen-bond acceptors (Lipinski definition) is 10. The van der Waals surface area contributed by atoms with Gasteiger partial charge in [0.1, 0.15) is 16.6 Å². The molecule has 0 spiro atoms. The lowest BCUT2D eigenvalue weighted by Crippen LogP contribution is -2.43. The first-order chi connectivity index (χ1) is 21.5. The van der Waals surface area contributed by atoms with Crippen molar-refractivity contribution in [3.63, 3.8) is 0 Å². The number of unbranched alkanes of at least 4 members (excludes halogenated alkanes) is 1. The van der Waals surface area contributed by atoms with Gasteiger partial charge >= 0.3 is 6.09 Å². The highest BCUT2D eigenvalue weighted by Gasteiger charge is 2.32. The number of anilines is 2. The normalized spacial score (nSPS) is 18.0. The molecule has 1 saturated heterocycles. The second-order valence-electron chi connectivity index (χ2n) is 11.5. The number of nitrogens with zero attached hydrogens (tertiary/aromatic N) is 5. The fourth-order valence-electron chi connectivity index (χ4n) is 6.18. The Bertz CT molecular complexity index is 1820. The van der Waals surface area contributed by atoms with Crippen molar-refractivity contribution in [2.24, 2.45) is 0 Å². The van der Waals surface area contributed by atoms with Crippen LogP contribution in [0, 0.1) is 23.0 Å². The van der Waals surface area contributed by atoms with E-state index in [0.717, 1.165) is 49.0 Å². The molecule has 5 heterocycles. The monoisotopic (exact) mass is 619 g/mol. The smallest absolute Gasteiger partial charge is 0.412 e. The number of hydrogen-bond donors (Lipinski definition) is 2. The maximum atomic E-state index is 16.8. The van der Waals surface area contributed by atoms with Crippen molar-refractivity contribution in [3.8, 4) is 17.3 Å². The molecule has 44 heavy (non-hydrogen) atoms. The average Bonchev–Trinajstić information content (AvgIpc) is 3.75. The van der Waals surface area contributed by atoms with E-state index in [-0.39, 0.29) is 57.2 Å². The molecule has 0 radical (unpaired) electrons. The number of thiophene rings is 1. The van der Waals surface area contributed by atoms with Crippen molar-refractivity contribution >= 4 is 49.4 Å². The standard InChI is InChI=1S/C31H31F2N7O3S/c1-2-3-9-43-31(41)39-29-18(10-34)24-27(35-12-22(32)28(24)44-29)23-21-15-42-14-20(21)19-11-36-30(38-26(19)25(23)33)40-8-7-17(13-40)37-16-5-4-6-16/h11-12,16-17,37H,2-9,13-15H2,1H3,(H,39,41)/t17-/m0/s1. The molecule has 2 N–H and O–H groups in total. The summed E-state index contributed by atoms with van der Waals surface area (Å²) in [5.74, 6) is -0.881. The SMILES string of the molecule is CCCCOC(=O)Nc1sc2c(F)cnc(-c3c4c(c5cnc(N6CC[C@H](NC7CCC7)C6)nc5c3F)COC4)c2c1C#N. The third-order valence-electron chi connectivity index (χ3n) is 8.70. The zero-order valence-corrected chi connectivity index (χ0v) is 25.0. The summed E-state index contributed by atoms with van der Waals surface area (Å²) in [5.41, 5.74) is 1.60. The maximum absolute atomic E-state index is 16.8. The van der Waals surface area contributed by atoms with E-state index in [0.29, 0.717) is 35.4 Å². The zero-order valence-electron chi connectivity index (χ0n) is 24.2. The van der Waals surface area contributed by atoms with Crippen molar-refractivity contribution < 1.29 is 23.0 Å². The Labute approximate surface area is 256 Å². The van der Waals surface area contributed by atoms with Crippen molar-refractivity contribution in [3.05, 3.63) is 40.7 Å². The van der Waals surface area contributed by atoms with Gasteiger partial charge in [0.2, 0.25) is 5.95 Å². The minimum absolute atomic E-state index is 0.0166. The first-order valence-corrected chi connectivity index (χ1v) is 15.8. The van der Waals surface area contributed by atoms with Crippen LogP contribution < -0.4 is 15.5 Å². The van der Waals surface area contributed by atoms with E-state index in [1.54, 1.807) is 6.20 Å². The molecule has 10 nitrogen and oxygen atoms in total. The highest BCUT2D eigenvalue weighted by atomic mass is 32.1. The van der Waals surface area contributed by atoms with Crippen LogP contribution in [0.15, 0.2) is 12.4 Å². The minimum Gasteiger partial charge on any atom is -0.449 e. The van der Waals surface area contributed by atoms with E-state index in [4.69, 9.17) is 14.5 Å². The number of aromatic nitrogens is 3. The second kappa shape index (κ2) is 11.8. The molecule has 0 bridgehead atoms. The summed E-state index contributed by atoms with van der Waals surface area (Å²) >= 11 is 0.882. The van der Waals surface area contributed by atoms with Crippen molar-refractivity contribution in [2.45, 2.75) is 70.7 Å². The molecule has 3 aliphatic rings. The fraction of sp³-hybridized carbons (Fsp3) is 0.452. The Balaban J connectivity index is 1.31. The van der Waals surface area contributed by atoms with Crippen molar-refractivity contribution in [1.29, 1.82) is 5.26 Å². The molecule has 2 fully saturated rings. The molecule has 1 amide bonds. The number of ether oxygens (including phenoxy) is 2. The third-order valence-corrected chi connectivity index (χ3v) is 9.81. The van der Waals surface area contributed by atoms with Gasteiger partial charge in [0.25, 0.3) is 0 Å². The topological polar surface area (TPSA) is 125 Å². The van der Waals surface area contributed by atoms with Gasteiger partial charge < -0.3 is 19.7 Å². The quantitative estimate of drug-likeness (QED) is 0.223. The van der Waals surface area contributed by atoms with Crippen molar-refractivity contribution in [2.75, 3.05) is 29.9 Å². The maximum Gasteiger partial charge on any atom is 0.412 e. The van der Waals surface area contributed by atoms with E-state index >= 15 is 8.78 Å². The highest BCUT2D eigenvalue weighted by Crippen LogP contribution is 2.45. The van der Waals surface area contributed by atoms with Crippen LogP contribution in [0.5, 0.6) is 0 Å². The lowest BCUT2D eigenvalue weighted by atomic mass is 9.92.